The van der Waals surface area contributed by atoms with Crippen LogP contribution in [0.5, 0.6) is 17.4 Å². The van der Waals surface area contributed by atoms with E-state index in [1.807, 2.05) is 24.3 Å². The molecule has 2 N–H and O–H groups in total. The monoisotopic (exact) mass is 287 g/mol. The molecule has 0 fully saturated rings. The van der Waals surface area contributed by atoms with Gasteiger partial charge in [-0.3, -0.25) is 0 Å². The molecule has 0 unspecified atom stereocenters. The van der Waals surface area contributed by atoms with Crippen LogP contribution in [0.15, 0.2) is 30.3 Å². The van der Waals surface area contributed by atoms with Crippen LogP contribution >= 0.6 is 0 Å². The van der Waals surface area contributed by atoms with Crippen LogP contribution in [0, 0.1) is 0 Å². The predicted molar refractivity (Wildman–Crippen MR) is 77.7 cm³/mol. The van der Waals surface area contributed by atoms with Crippen molar-refractivity contribution in [1.82, 2.24) is 9.97 Å². The SMILES string of the molecule is COc1cc(CC[C@@H]2COc3ccccc3O2)nc(N)n1. The van der Waals surface area contributed by atoms with Crippen molar-refractivity contribution in [2.24, 2.45) is 0 Å². The zero-order valence-electron chi connectivity index (χ0n) is 11.8. The summed E-state index contributed by atoms with van der Waals surface area (Å²) in [7, 11) is 1.56. The number of nitrogens with zero attached hydrogens (tertiary/aromatic N) is 2. The van der Waals surface area contributed by atoms with Crippen molar-refractivity contribution in [1.29, 1.82) is 0 Å². The molecule has 0 radical (unpaired) electrons. The van der Waals surface area contributed by atoms with Crippen molar-refractivity contribution in [2.75, 3.05) is 19.5 Å². The Bertz CT molecular complexity index is 633. The fraction of sp³-hybridized carbons (Fsp3) is 0.333. The van der Waals surface area contributed by atoms with E-state index in [-0.39, 0.29) is 12.1 Å². The quantitative estimate of drug-likeness (QED) is 0.924. The summed E-state index contributed by atoms with van der Waals surface area (Å²) in [6, 6.07) is 9.46. The molecule has 0 aliphatic carbocycles. The first kappa shape index (κ1) is 13.5. The Morgan fingerprint density at radius 2 is 2.10 bits per heavy atom. The van der Waals surface area contributed by atoms with Gasteiger partial charge in [-0.2, -0.15) is 4.98 Å². The standard InChI is InChI=1S/C15H17N3O3/c1-19-14-8-10(17-15(16)18-14)6-7-11-9-20-12-4-2-3-5-13(12)21-11/h2-5,8,11H,6-7,9H2,1H3,(H2,16,17,18)/t11-/m1/s1. The summed E-state index contributed by atoms with van der Waals surface area (Å²) < 4.78 is 16.7. The lowest BCUT2D eigenvalue weighted by atomic mass is 10.1. The van der Waals surface area contributed by atoms with Gasteiger partial charge in [-0.15, -0.1) is 0 Å². The molecule has 21 heavy (non-hydrogen) atoms. The van der Waals surface area contributed by atoms with E-state index in [0.29, 0.717) is 12.5 Å². The minimum atomic E-state index is 0.00193. The molecule has 0 spiro atoms. The Morgan fingerprint density at radius 3 is 2.90 bits per heavy atom. The van der Waals surface area contributed by atoms with Crippen molar-refractivity contribution in [3.05, 3.63) is 36.0 Å². The fourth-order valence-corrected chi connectivity index (χ4v) is 2.24. The summed E-state index contributed by atoms with van der Waals surface area (Å²) >= 11 is 0. The Morgan fingerprint density at radius 1 is 1.29 bits per heavy atom. The zero-order chi connectivity index (χ0) is 14.7. The molecule has 1 aliphatic heterocycles. The van der Waals surface area contributed by atoms with E-state index in [1.54, 1.807) is 13.2 Å². The molecule has 0 saturated heterocycles. The van der Waals surface area contributed by atoms with Gasteiger partial charge >= 0.3 is 0 Å². The molecule has 1 aromatic heterocycles. The van der Waals surface area contributed by atoms with Gasteiger partial charge in [0.25, 0.3) is 0 Å². The Hall–Kier alpha value is -2.50. The third-order valence-corrected chi connectivity index (χ3v) is 3.27. The van der Waals surface area contributed by atoms with Crippen molar-refractivity contribution >= 4 is 5.95 Å². The van der Waals surface area contributed by atoms with Crippen molar-refractivity contribution < 1.29 is 14.2 Å². The summed E-state index contributed by atoms with van der Waals surface area (Å²) in [5.41, 5.74) is 6.48. The van der Waals surface area contributed by atoms with E-state index in [1.165, 1.54) is 0 Å². The van der Waals surface area contributed by atoms with E-state index >= 15 is 0 Å². The molecule has 0 amide bonds. The molecule has 1 atom stereocenters. The summed E-state index contributed by atoms with van der Waals surface area (Å²) in [6.45, 7) is 0.536. The van der Waals surface area contributed by atoms with Gasteiger partial charge in [-0.1, -0.05) is 12.1 Å². The molecule has 2 heterocycles. The molecule has 2 aromatic rings. The molecule has 0 bridgehead atoms. The van der Waals surface area contributed by atoms with Gasteiger partial charge in [0.05, 0.1) is 7.11 Å². The summed E-state index contributed by atoms with van der Waals surface area (Å²) in [4.78, 5) is 8.17. The first-order chi connectivity index (χ1) is 10.2. The van der Waals surface area contributed by atoms with Crippen LogP contribution in [0.4, 0.5) is 5.95 Å². The highest BCUT2D eigenvalue weighted by molar-refractivity contribution is 5.40. The maximum absolute atomic E-state index is 5.91. The van der Waals surface area contributed by atoms with Crippen molar-refractivity contribution in [3.63, 3.8) is 0 Å². The van der Waals surface area contributed by atoms with Crippen molar-refractivity contribution in [3.8, 4) is 17.4 Å². The molecule has 110 valence electrons. The van der Waals surface area contributed by atoms with Crippen molar-refractivity contribution in [2.45, 2.75) is 18.9 Å². The Balaban J connectivity index is 1.63. The fourth-order valence-electron chi connectivity index (χ4n) is 2.24. The average Bonchev–Trinajstić information content (AvgIpc) is 2.52. The average molecular weight is 287 g/mol. The second-order valence-electron chi connectivity index (χ2n) is 4.80. The first-order valence-electron chi connectivity index (χ1n) is 6.80. The molecule has 6 heteroatoms. The first-order valence-corrected chi connectivity index (χ1v) is 6.80. The third kappa shape index (κ3) is 3.16. The van der Waals surface area contributed by atoms with Crippen LogP contribution in [0.1, 0.15) is 12.1 Å². The normalized spacial score (nSPS) is 16.5. The smallest absolute Gasteiger partial charge is 0.223 e. The van der Waals surface area contributed by atoms with Crippen LogP contribution in [0.25, 0.3) is 0 Å². The highest BCUT2D eigenvalue weighted by Gasteiger charge is 2.20. The molecule has 3 rings (SSSR count). The number of nitrogens with two attached hydrogens (primary N) is 1. The number of aryl methyl sites for hydroxylation is 1. The lowest BCUT2D eigenvalue weighted by Gasteiger charge is -2.26. The molecule has 1 aliphatic rings. The maximum Gasteiger partial charge on any atom is 0.223 e. The predicted octanol–water partition coefficient (Wildman–Crippen LogP) is 1.84. The van der Waals surface area contributed by atoms with Gasteiger partial charge in [0.2, 0.25) is 11.8 Å². The van der Waals surface area contributed by atoms with Crippen LogP contribution in [-0.4, -0.2) is 29.8 Å². The summed E-state index contributed by atoms with van der Waals surface area (Å²) in [5, 5.41) is 0. The number of para-hydroxylation sites is 2. The number of hydrogen-bond acceptors (Lipinski definition) is 6. The number of anilines is 1. The largest absolute Gasteiger partial charge is 0.486 e. The Kier molecular flexibility index (Phi) is 3.77. The number of rotatable bonds is 4. The second kappa shape index (κ2) is 5.87. The van der Waals surface area contributed by atoms with E-state index in [9.17, 15) is 0 Å². The number of aromatic nitrogens is 2. The number of benzene rings is 1. The number of fused-ring (bicyclic) bond motifs is 1. The number of ether oxygens (including phenoxy) is 3. The number of methoxy groups -OCH3 is 1. The van der Waals surface area contributed by atoms with E-state index < -0.39 is 0 Å². The molecular formula is C15H17N3O3. The summed E-state index contributed by atoms with van der Waals surface area (Å²) in [6.07, 6.45) is 1.51. The molecule has 0 saturated carbocycles. The van der Waals surface area contributed by atoms with E-state index in [0.717, 1.165) is 30.0 Å². The minimum absolute atomic E-state index is 0.00193. The van der Waals surface area contributed by atoms with Gasteiger partial charge in [-0.05, 0) is 25.0 Å². The molecule has 6 nitrogen and oxygen atoms in total. The van der Waals surface area contributed by atoms with E-state index in [2.05, 4.69) is 9.97 Å². The second-order valence-corrected chi connectivity index (χ2v) is 4.80. The van der Waals surface area contributed by atoms with Crippen LogP contribution in [0.2, 0.25) is 0 Å². The lowest BCUT2D eigenvalue weighted by molar-refractivity contribution is 0.0849. The highest BCUT2D eigenvalue weighted by Crippen LogP contribution is 2.31. The summed E-state index contributed by atoms with van der Waals surface area (Å²) in [5.74, 6) is 2.27. The molecular weight excluding hydrogens is 270 g/mol. The van der Waals surface area contributed by atoms with Gasteiger partial charge < -0.3 is 19.9 Å². The third-order valence-electron chi connectivity index (χ3n) is 3.27. The van der Waals surface area contributed by atoms with Crippen LogP contribution in [0.3, 0.4) is 0 Å². The van der Waals surface area contributed by atoms with E-state index in [4.69, 9.17) is 19.9 Å². The number of hydrogen-bond donors (Lipinski definition) is 1. The molecule has 1 aromatic carbocycles. The van der Waals surface area contributed by atoms with Gasteiger partial charge in [0.1, 0.15) is 12.7 Å². The minimum Gasteiger partial charge on any atom is -0.486 e. The topological polar surface area (TPSA) is 79.5 Å². The number of nitrogen functional groups attached to an aromatic ring is 1. The Labute approximate surface area is 122 Å². The maximum atomic E-state index is 5.91. The van der Waals surface area contributed by atoms with Gasteiger partial charge in [0.15, 0.2) is 11.5 Å². The van der Waals surface area contributed by atoms with Gasteiger partial charge in [-0.25, -0.2) is 4.98 Å². The highest BCUT2D eigenvalue weighted by atomic mass is 16.6. The van der Waals surface area contributed by atoms with Crippen LogP contribution < -0.4 is 19.9 Å². The lowest BCUT2D eigenvalue weighted by Crippen LogP contribution is -2.29. The van der Waals surface area contributed by atoms with Crippen LogP contribution in [-0.2, 0) is 6.42 Å². The zero-order valence-corrected chi connectivity index (χ0v) is 11.8. The van der Waals surface area contributed by atoms with Gasteiger partial charge in [0, 0.05) is 11.8 Å².